The van der Waals surface area contributed by atoms with Crippen LogP contribution in [0.3, 0.4) is 0 Å². The summed E-state index contributed by atoms with van der Waals surface area (Å²) in [6, 6.07) is 4.74. The van der Waals surface area contributed by atoms with Gasteiger partial charge < -0.3 is 14.8 Å². The summed E-state index contributed by atoms with van der Waals surface area (Å²) < 4.78 is 1.86. The van der Waals surface area contributed by atoms with Crippen LogP contribution in [0.5, 0.6) is 5.75 Å². The van der Waals surface area contributed by atoms with Crippen molar-refractivity contribution in [2.24, 2.45) is 0 Å². The van der Waals surface area contributed by atoms with Crippen LogP contribution in [-0.4, -0.2) is 20.7 Å². The van der Waals surface area contributed by atoms with Crippen LogP contribution in [0.25, 0.3) is 10.9 Å². The minimum atomic E-state index is -0.980. The number of hydrogen-bond donors (Lipinski definition) is 2. The molecule has 4 nitrogen and oxygen atoms in total. The highest BCUT2D eigenvalue weighted by Crippen LogP contribution is 2.30. The molecule has 0 aliphatic carbocycles. The summed E-state index contributed by atoms with van der Waals surface area (Å²) >= 11 is 0. The number of aromatic nitrogens is 1. The molecule has 0 spiro atoms. The average molecular weight is 219 g/mol. The maximum absolute atomic E-state index is 11.0. The van der Waals surface area contributed by atoms with Gasteiger partial charge in [0.05, 0.1) is 11.1 Å². The molecule has 0 saturated heterocycles. The van der Waals surface area contributed by atoms with Crippen molar-refractivity contribution >= 4 is 16.9 Å². The molecule has 2 aromatic rings. The maximum Gasteiger partial charge on any atom is 0.336 e. The predicted octanol–water partition coefficient (Wildman–Crippen LogP) is 2.63. The molecule has 0 saturated carbocycles. The van der Waals surface area contributed by atoms with Crippen LogP contribution >= 0.6 is 0 Å². The monoisotopic (exact) mass is 219 g/mol. The van der Waals surface area contributed by atoms with Crippen LogP contribution < -0.4 is 0 Å². The van der Waals surface area contributed by atoms with Crippen molar-refractivity contribution in [3.05, 3.63) is 30.0 Å². The van der Waals surface area contributed by atoms with Crippen LogP contribution in [0.15, 0.2) is 24.4 Å². The van der Waals surface area contributed by atoms with E-state index in [4.69, 9.17) is 5.11 Å². The van der Waals surface area contributed by atoms with Gasteiger partial charge in [0.2, 0.25) is 0 Å². The lowest BCUT2D eigenvalue weighted by Crippen LogP contribution is -2.00. The van der Waals surface area contributed by atoms with Gasteiger partial charge in [0, 0.05) is 17.6 Å². The molecule has 2 rings (SSSR count). The fourth-order valence-corrected chi connectivity index (χ4v) is 1.88. The molecule has 0 aliphatic heterocycles. The van der Waals surface area contributed by atoms with Gasteiger partial charge in [-0.05, 0) is 32.0 Å². The third kappa shape index (κ3) is 1.43. The molecule has 0 fully saturated rings. The van der Waals surface area contributed by atoms with Crippen LogP contribution in [0.2, 0.25) is 0 Å². The molecular weight excluding hydrogens is 206 g/mol. The molecule has 0 amide bonds. The zero-order chi connectivity index (χ0) is 11.9. The maximum atomic E-state index is 11.0. The lowest BCUT2D eigenvalue weighted by molar-refractivity contribution is 0.0699. The van der Waals surface area contributed by atoms with Gasteiger partial charge in [-0.15, -0.1) is 0 Å². The fraction of sp³-hybridized carbons (Fsp3) is 0.250. The first-order chi connectivity index (χ1) is 7.52. The lowest BCUT2D eigenvalue weighted by atomic mass is 10.1. The summed E-state index contributed by atoms with van der Waals surface area (Å²) in [4.78, 5) is 11.0. The Morgan fingerprint density at radius 3 is 2.56 bits per heavy atom. The number of carboxylic acids is 1. The Labute approximate surface area is 92.7 Å². The summed E-state index contributed by atoms with van der Waals surface area (Å²) in [6.07, 6.45) is 1.79. The Morgan fingerprint density at radius 1 is 1.31 bits per heavy atom. The molecule has 0 radical (unpaired) electrons. The Bertz CT molecular complexity index is 555. The smallest absolute Gasteiger partial charge is 0.336 e. The SMILES string of the molecule is CC(C)n1ccc2c(C(=O)O)ccc(O)c21. The Morgan fingerprint density at radius 2 is 2.00 bits per heavy atom. The van der Waals surface area contributed by atoms with Crippen molar-refractivity contribution in [1.29, 1.82) is 0 Å². The van der Waals surface area contributed by atoms with E-state index < -0.39 is 5.97 Å². The van der Waals surface area contributed by atoms with E-state index in [1.54, 1.807) is 12.3 Å². The number of aromatic hydroxyl groups is 1. The summed E-state index contributed by atoms with van der Waals surface area (Å²) in [7, 11) is 0. The zero-order valence-corrected chi connectivity index (χ0v) is 9.14. The molecule has 1 aromatic heterocycles. The third-order valence-electron chi connectivity index (χ3n) is 2.64. The standard InChI is InChI=1S/C12H13NO3/c1-7(2)13-6-5-8-9(12(15)16)3-4-10(14)11(8)13/h3-7,14H,1-2H3,(H,15,16). The number of fused-ring (bicyclic) bond motifs is 1. The Kier molecular flexibility index (Phi) is 2.34. The van der Waals surface area contributed by atoms with Gasteiger partial charge in [-0.3, -0.25) is 0 Å². The van der Waals surface area contributed by atoms with Gasteiger partial charge in [0.15, 0.2) is 0 Å². The molecule has 0 aliphatic rings. The lowest BCUT2D eigenvalue weighted by Gasteiger charge is -2.10. The first-order valence-corrected chi connectivity index (χ1v) is 5.08. The molecular formula is C12H13NO3. The molecule has 16 heavy (non-hydrogen) atoms. The van der Waals surface area contributed by atoms with E-state index in [2.05, 4.69) is 0 Å². The third-order valence-corrected chi connectivity index (χ3v) is 2.64. The highest BCUT2D eigenvalue weighted by Gasteiger charge is 2.15. The van der Waals surface area contributed by atoms with Crippen LogP contribution in [-0.2, 0) is 0 Å². The van der Waals surface area contributed by atoms with Gasteiger partial charge >= 0.3 is 5.97 Å². The van der Waals surface area contributed by atoms with Gasteiger partial charge in [0.1, 0.15) is 5.75 Å². The highest BCUT2D eigenvalue weighted by atomic mass is 16.4. The first kappa shape index (κ1) is 10.5. The second-order valence-electron chi connectivity index (χ2n) is 4.02. The van der Waals surface area contributed by atoms with E-state index in [1.165, 1.54) is 12.1 Å². The molecule has 0 atom stereocenters. The average Bonchev–Trinajstić information content (AvgIpc) is 2.62. The van der Waals surface area contributed by atoms with Gasteiger partial charge in [-0.2, -0.15) is 0 Å². The van der Waals surface area contributed by atoms with Crippen molar-refractivity contribution in [3.8, 4) is 5.75 Å². The molecule has 0 unspecified atom stereocenters. The van der Waals surface area contributed by atoms with E-state index in [1.807, 2.05) is 18.4 Å². The van der Waals surface area contributed by atoms with Crippen molar-refractivity contribution in [1.82, 2.24) is 4.57 Å². The second-order valence-corrected chi connectivity index (χ2v) is 4.02. The van der Waals surface area contributed by atoms with Gasteiger partial charge in [-0.25, -0.2) is 4.79 Å². The largest absolute Gasteiger partial charge is 0.506 e. The van der Waals surface area contributed by atoms with E-state index in [0.29, 0.717) is 10.9 Å². The number of nitrogens with zero attached hydrogens (tertiary/aromatic N) is 1. The summed E-state index contributed by atoms with van der Waals surface area (Å²) in [5, 5.41) is 19.4. The van der Waals surface area contributed by atoms with E-state index >= 15 is 0 Å². The minimum absolute atomic E-state index is 0.110. The summed E-state index contributed by atoms with van der Waals surface area (Å²) in [6.45, 7) is 3.96. The fourth-order valence-electron chi connectivity index (χ4n) is 1.88. The number of aromatic carboxylic acids is 1. The van der Waals surface area contributed by atoms with Gasteiger partial charge in [-0.1, -0.05) is 0 Å². The molecule has 1 heterocycles. The van der Waals surface area contributed by atoms with Crippen molar-refractivity contribution in [3.63, 3.8) is 0 Å². The predicted molar refractivity (Wildman–Crippen MR) is 60.9 cm³/mol. The van der Waals surface area contributed by atoms with Crippen molar-refractivity contribution in [2.45, 2.75) is 19.9 Å². The number of phenols is 1. The molecule has 1 aromatic carbocycles. The van der Waals surface area contributed by atoms with E-state index in [-0.39, 0.29) is 17.4 Å². The number of phenolic OH excluding ortho intramolecular Hbond substituents is 1. The highest BCUT2D eigenvalue weighted by molar-refractivity contribution is 6.04. The van der Waals surface area contributed by atoms with Crippen molar-refractivity contribution < 1.29 is 15.0 Å². The van der Waals surface area contributed by atoms with E-state index in [0.717, 1.165) is 0 Å². The van der Waals surface area contributed by atoms with E-state index in [9.17, 15) is 9.90 Å². The van der Waals surface area contributed by atoms with Crippen LogP contribution in [0.1, 0.15) is 30.2 Å². The van der Waals surface area contributed by atoms with Gasteiger partial charge in [0.25, 0.3) is 0 Å². The molecule has 84 valence electrons. The molecule has 2 N–H and O–H groups in total. The number of carboxylic acid groups (broad SMARTS) is 1. The quantitative estimate of drug-likeness (QED) is 0.816. The number of hydrogen-bond acceptors (Lipinski definition) is 2. The Balaban J connectivity index is 2.83. The molecule has 0 bridgehead atoms. The van der Waals surface area contributed by atoms with Crippen LogP contribution in [0.4, 0.5) is 0 Å². The summed E-state index contributed by atoms with van der Waals surface area (Å²) in [5.74, 6) is -0.870. The molecule has 4 heteroatoms. The van der Waals surface area contributed by atoms with Crippen molar-refractivity contribution in [2.75, 3.05) is 0 Å². The summed E-state index contributed by atoms with van der Waals surface area (Å²) in [5.41, 5.74) is 0.794. The number of benzene rings is 1. The number of carbonyl (C=O) groups is 1. The van der Waals surface area contributed by atoms with Crippen LogP contribution in [0, 0.1) is 0 Å². The normalized spacial score (nSPS) is 11.2. The number of rotatable bonds is 2. The zero-order valence-electron chi connectivity index (χ0n) is 9.14. The topological polar surface area (TPSA) is 62.5 Å². The Hall–Kier alpha value is -1.97. The second kappa shape index (κ2) is 3.56. The first-order valence-electron chi connectivity index (χ1n) is 5.08. The minimum Gasteiger partial charge on any atom is -0.506 e.